The van der Waals surface area contributed by atoms with Gasteiger partial charge in [-0.25, -0.2) is 14.8 Å². The van der Waals surface area contributed by atoms with Gasteiger partial charge >= 0.3 is 5.69 Å². The van der Waals surface area contributed by atoms with Gasteiger partial charge in [-0.1, -0.05) is 12.1 Å². The summed E-state index contributed by atoms with van der Waals surface area (Å²) in [6.07, 6.45) is 1.69. The molecule has 3 aromatic heterocycles. The van der Waals surface area contributed by atoms with E-state index in [-0.39, 0.29) is 16.6 Å². The number of aromatic nitrogens is 5. The van der Waals surface area contributed by atoms with Gasteiger partial charge in [-0.3, -0.25) is 24.5 Å². The van der Waals surface area contributed by atoms with Crippen LogP contribution >= 0.6 is 0 Å². The number of carbonyl (C=O) groups excluding carboxylic acids is 1. The second-order valence-corrected chi connectivity index (χ2v) is 7.61. The Morgan fingerprint density at radius 1 is 1.03 bits per heavy atom. The van der Waals surface area contributed by atoms with E-state index in [1.165, 1.54) is 23.2 Å². The Labute approximate surface area is 177 Å². The SMILES string of the molecule is Cc1cc(C(=O)Nc2ncc(-c3ccc(C)c(C)c3)n2C)c2c(=O)[nH]c(=O)n(C)c2n1. The van der Waals surface area contributed by atoms with E-state index in [4.69, 9.17) is 0 Å². The molecule has 2 N–H and O–H groups in total. The lowest BCUT2D eigenvalue weighted by Crippen LogP contribution is -2.31. The monoisotopic (exact) mass is 418 g/mol. The summed E-state index contributed by atoms with van der Waals surface area (Å²) in [7, 11) is 3.29. The number of hydrogen-bond acceptors (Lipinski definition) is 5. The van der Waals surface area contributed by atoms with Crippen molar-refractivity contribution >= 4 is 22.9 Å². The van der Waals surface area contributed by atoms with Gasteiger partial charge in [-0.15, -0.1) is 0 Å². The molecule has 1 aromatic carbocycles. The van der Waals surface area contributed by atoms with Crippen LogP contribution < -0.4 is 16.6 Å². The van der Waals surface area contributed by atoms with Gasteiger partial charge in [0.2, 0.25) is 5.95 Å². The Balaban J connectivity index is 1.76. The number of nitrogens with one attached hydrogen (secondary N) is 2. The summed E-state index contributed by atoms with van der Waals surface area (Å²) in [5.41, 5.74) is 3.70. The fourth-order valence-electron chi connectivity index (χ4n) is 3.51. The topological polar surface area (TPSA) is 115 Å². The fraction of sp³-hybridized carbons (Fsp3) is 0.227. The Morgan fingerprint density at radius 3 is 2.48 bits per heavy atom. The molecule has 0 aliphatic carbocycles. The van der Waals surface area contributed by atoms with Crippen LogP contribution in [0, 0.1) is 20.8 Å². The van der Waals surface area contributed by atoms with E-state index in [2.05, 4.69) is 26.3 Å². The van der Waals surface area contributed by atoms with Crippen LogP contribution in [0.4, 0.5) is 5.95 Å². The van der Waals surface area contributed by atoms with Crippen molar-refractivity contribution in [3.05, 3.63) is 73.7 Å². The average Bonchev–Trinajstić information content (AvgIpc) is 3.07. The maximum Gasteiger partial charge on any atom is 0.329 e. The van der Waals surface area contributed by atoms with Gasteiger partial charge in [-0.05, 0) is 44.0 Å². The molecule has 9 heteroatoms. The molecule has 4 aromatic rings. The zero-order chi connectivity index (χ0) is 22.4. The summed E-state index contributed by atoms with van der Waals surface area (Å²) in [4.78, 5) is 48.3. The molecule has 0 spiro atoms. The van der Waals surface area contributed by atoms with Crippen LogP contribution in [-0.2, 0) is 14.1 Å². The van der Waals surface area contributed by atoms with Crippen molar-refractivity contribution in [1.29, 1.82) is 0 Å². The minimum Gasteiger partial charge on any atom is -0.313 e. The largest absolute Gasteiger partial charge is 0.329 e. The summed E-state index contributed by atoms with van der Waals surface area (Å²) in [6.45, 7) is 5.78. The molecule has 3 heterocycles. The summed E-state index contributed by atoms with van der Waals surface area (Å²) in [5.74, 6) is -0.179. The van der Waals surface area contributed by atoms with E-state index in [0.717, 1.165) is 16.8 Å². The van der Waals surface area contributed by atoms with Gasteiger partial charge in [-0.2, -0.15) is 0 Å². The number of hydrogen-bond donors (Lipinski definition) is 2. The lowest BCUT2D eigenvalue weighted by atomic mass is 10.0. The highest BCUT2D eigenvalue weighted by molar-refractivity contribution is 6.11. The third-order valence-corrected chi connectivity index (χ3v) is 5.46. The van der Waals surface area contributed by atoms with E-state index in [9.17, 15) is 14.4 Å². The summed E-state index contributed by atoms with van der Waals surface area (Å²) < 4.78 is 2.98. The maximum absolute atomic E-state index is 13.1. The van der Waals surface area contributed by atoms with Crippen LogP contribution in [0.5, 0.6) is 0 Å². The zero-order valence-corrected chi connectivity index (χ0v) is 17.9. The van der Waals surface area contributed by atoms with Crippen LogP contribution in [0.2, 0.25) is 0 Å². The van der Waals surface area contributed by atoms with Crippen LogP contribution in [-0.4, -0.2) is 30.0 Å². The van der Waals surface area contributed by atoms with E-state index < -0.39 is 17.2 Å². The Bertz CT molecular complexity index is 1480. The van der Waals surface area contributed by atoms with Crippen LogP contribution in [0.15, 0.2) is 40.1 Å². The molecule has 0 saturated carbocycles. The number of benzene rings is 1. The molecule has 0 saturated heterocycles. The average molecular weight is 418 g/mol. The Hall–Kier alpha value is -4.01. The Morgan fingerprint density at radius 2 is 1.77 bits per heavy atom. The van der Waals surface area contributed by atoms with E-state index >= 15 is 0 Å². The first-order chi connectivity index (χ1) is 14.7. The molecule has 0 aliphatic heterocycles. The molecule has 0 aliphatic rings. The van der Waals surface area contributed by atoms with Crippen molar-refractivity contribution in [1.82, 2.24) is 24.1 Å². The number of nitrogens with zero attached hydrogens (tertiary/aromatic N) is 4. The summed E-state index contributed by atoms with van der Waals surface area (Å²) in [6, 6.07) is 7.63. The van der Waals surface area contributed by atoms with Gasteiger partial charge in [0.1, 0.15) is 5.65 Å². The molecular weight excluding hydrogens is 396 g/mol. The number of aromatic amines is 1. The molecule has 1 amide bonds. The van der Waals surface area contributed by atoms with E-state index in [1.54, 1.807) is 24.7 Å². The maximum atomic E-state index is 13.1. The van der Waals surface area contributed by atoms with Crippen molar-refractivity contribution in [3.8, 4) is 11.3 Å². The standard InChI is InChI=1S/C22H22N6O3/c1-11-6-7-14(8-12(11)2)16-10-23-21(27(16)4)25-19(29)15-9-13(3)24-18-17(15)20(30)26-22(31)28(18)5/h6-10H,1-5H3,(H,23,25,29)(H,26,30,31). The normalized spacial score (nSPS) is 11.1. The number of imidazole rings is 1. The van der Waals surface area contributed by atoms with Crippen LogP contribution in [0.1, 0.15) is 27.2 Å². The second-order valence-electron chi connectivity index (χ2n) is 7.61. The molecule has 158 valence electrons. The lowest BCUT2D eigenvalue weighted by molar-refractivity contribution is 0.102. The zero-order valence-electron chi connectivity index (χ0n) is 17.9. The summed E-state index contributed by atoms with van der Waals surface area (Å²) >= 11 is 0. The van der Waals surface area contributed by atoms with Crippen LogP contribution in [0.3, 0.4) is 0 Å². The molecular formula is C22H22N6O3. The fourth-order valence-corrected chi connectivity index (χ4v) is 3.51. The Kier molecular flexibility index (Phi) is 4.81. The van der Waals surface area contributed by atoms with Crippen molar-refractivity contribution < 1.29 is 4.79 Å². The molecule has 0 radical (unpaired) electrons. The smallest absolute Gasteiger partial charge is 0.313 e. The van der Waals surface area contributed by atoms with Gasteiger partial charge in [0.15, 0.2) is 0 Å². The first-order valence-electron chi connectivity index (χ1n) is 9.68. The highest BCUT2D eigenvalue weighted by Crippen LogP contribution is 2.25. The van der Waals surface area contributed by atoms with Gasteiger partial charge in [0.05, 0.1) is 22.8 Å². The highest BCUT2D eigenvalue weighted by Gasteiger charge is 2.19. The number of H-pyrrole nitrogens is 1. The molecule has 9 nitrogen and oxygen atoms in total. The predicted molar refractivity (Wildman–Crippen MR) is 118 cm³/mol. The van der Waals surface area contributed by atoms with E-state index in [1.807, 2.05) is 26.0 Å². The molecule has 0 bridgehead atoms. The molecule has 0 atom stereocenters. The minimum atomic E-state index is -0.661. The predicted octanol–water partition coefficient (Wildman–Crippen LogP) is 2.20. The first kappa shape index (κ1) is 20.3. The van der Waals surface area contributed by atoms with Gasteiger partial charge in [0, 0.05) is 25.4 Å². The third-order valence-electron chi connectivity index (χ3n) is 5.46. The number of amides is 1. The number of carbonyl (C=O) groups is 1. The number of anilines is 1. The number of aryl methyl sites for hydroxylation is 4. The van der Waals surface area contributed by atoms with Crippen molar-refractivity contribution in [2.75, 3.05) is 5.32 Å². The molecule has 31 heavy (non-hydrogen) atoms. The van der Waals surface area contributed by atoms with Crippen LogP contribution in [0.25, 0.3) is 22.3 Å². The van der Waals surface area contributed by atoms with Crippen molar-refractivity contribution in [3.63, 3.8) is 0 Å². The highest BCUT2D eigenvalue weighted by atomic mass is 16.2. The number of rotatable bonds is 3. The number of fused-ring (bicyclic) bond motifs is 1. The van der Waals surface area contributed by atoms with Gasteiger partial charge in [0.25, 0.3) is 11.5 Å². The molecule has 0 unspecified atom stereocenters. The summed E-state index contributed by atoms with van der Waals surface area (Å²) in [5, 5.41) is 2.82. The van der Waals surface area contributed by atoms with Crippen molar-refractivity contribution in [2.24, 2.45) is 14.1 Å². The third kappa shape index (κ3) is 3.43. The van der Waals surface area contributed by atoms with Crippen molar-refractivity contribution in [2.45, 2.75) is 20.8 Å². The molecule has 0 fully saturated rings. The van der Waals surface area contributed by atoms with Gasteiger partial charge < -0.3 is 4.57 Å². The second kappa shape index (κ2) is 7.35. The molecule has 4 rings (SSSR count). The number of pyridine rings is 1. The first-order valence-corrected chi connectivity index (χ1v) is 9.68. The lowest BCUT2D eigenvalue weighted by Gasteiger charge is -2.11. The quantitative estimate of drug-likeness (QED) is 0.529. The minimum absolute atomic E-state index is 0.0498. The van der Waals surface area contributed by atoms with E-state index in [0.29, 0.717) is 11.6 Å².